The van der Waals surface area contributed by atoms with E-state index in [0.717, 1.165) is 13.1 Å². The Labute approximate surface area is 125 Å². The third-order valence-corrected chi connectivity index (χ3v) is 2.63. The molecule has 0 bridgehead atoms. The molecule has 0 heterocycles. The number of rotatable bonds is 2. The van der Waals surface area contributed by atoms with Gasteiger partial charge in [-0.1, -0.05) is 8.64 Å². The van der Waals surface area contributed by atoms with E-state index in [-0.39, 0.29) is 17.1 Å². The van der Waals surface area contributed by atoms with Gasteiger partial charge in [0, 0.05) is 27.2 Å². The van der Waals surface area contributed by atoms with Gasteiger partial charge in [-0.15, -0.1) is 0 Å². The molecule has 90 valence electrons. The summed E-state index contributed by atoms with van der Waals surface area (Å²) in [6, 6.07) is 0. The second kappa shape index (κ2) is 12.8. The quantitative estimate of drug-likeness (QED) is 0.429. The van der Waals surface area contributed by atoms with E-state index in [0.29, 0.717) is 8.64 Å². The fourth-order valence-electron chi connectivity index (χ4n) is 0.482. The third kappa shape index (κ3) is 14.7. The molecule has 0 unspecified atom stereocenters. The third-order valence-electron chi connectivity index (χ3n) is 1.39. The van der Waals surface area contributed by atoms with Crippen LogP contribution in [0.1, 0.15) is 13.8 Å². The number of thiocarbonyl (C=S) groups is 2. The van der Waals surface area contributed by atoms with Crippen LogP contribution in [0.3, 0.4) is 0 Å². The Balaban J connectivity index is -0.000000187. The molecule has 0 aromatic heterocycles. The van der Waals surface area contributed by atoms with Crippen molar-refractivity contribution in [3.05, 3.63) is 0 Å². The number of hydrogen-bond acceptors (Lipinski definition) is 4. The van der Waals surface area contributed by atoms with Crippen molar-refractivity contribution < 1.29 is 17.1 Å². The van der Waals surface area contributed by atoms with E-state index in [1.165, 1.54) is 0 Å². The molecule has 0 aliphatic heterocycles. The van der Waals surface area contributed by atoms with Crippen molar-refractivity contribution in [2.45, 2.75) is 13.8 Å². The fourth-order valence-corrected chi connectivity index (χ4v) is 0.998. The normalized spacial score (nSPS) is 7.73. The molecule has 0 rings (SSSR count). The van der Waals surface area contributed by atoms with E-state index in [1.54, 1.807) is 4.90 Å². The van der Waals surface area contributed by atoms with E-state index >= 15 is 0 Å². The zero-order valence-corrected chi connectivity index (χ0v) is 13.7. The van der Waals surface area contributed by atoms with Gasteiger partial charge in [-0.25, -0.2) is 0 Å². The van der Waals surface area contributed by atoms with Gasteiger partial charge in [0.05, 0.1) is 0 Å². The summed E-state index contributed by atoms with van der Waals surface area (Å²) < 4.78 is 1.09. The summed E-state index contributed by atoms with van der Waals surface area (Å²) in [5.74, 6) is 0. The molecule has 0 atom stereocenters. The van der Waals surface area contributed by atoms with E-state index in [2.05, 4.69) is 24.8 Å². The predicted molar refractivity (Wildman–Crippen MR) is 76.5 cm³/mol. The summed E-state index contributed by atoms with van der Waals surface area (Å²) in [6.07, 6.45) is 0. The molecule has 0 spiro atoms. The van der Waals surface area contributed by atoms with Crippen LogP contribution in [0.2, 0.25) is 0 Å². The molecular weight excluding hydrogens is 308 g/mol. The molecule has 0 aliphatic rings. The molecule has 0 saturated carbocycles. The van der Waals surface area contributed by atoms with Gasteiger partial charge < -0.3 is 59.5 Å². The molecule has 0 aromatic rings. The zero-order chi connectivity index (χ0) is 11.7. The molecule has 7 heteroatoms. The van der Waals surface area contributed by atoms with Crippen molar-refractivity contribution >= 4 is 58.3 Å². The van der Waals surface area contributed by atoms with Crippen molar-refractivity contribution in [1.29, 1.82) is 0 Å². The Morgan fingerprint density at radius 3 is 1.27 bits per heavy atom. The monoisotopic (exact) mass is 324 g/mol. The van der Waals surface area contributed by atoms with Crippen LogP contribution in [-0.4, -0.2) is 45.6 Å². The molecule has 15 heavy (non-hydrogen) atoms. The first-order valence-electron chi connectivity index (χ1n) is 4.20. The van der Waals surface area contributed by atoms with E-state index in [4.69, 9.17) is 24.8 Å². The van der Waals surface area contributed by atoms with Crippen LogP contribution < -0.4 is 0 Å². The van der Waals surface area contributed by atoms with E-state index < -0.39 is 0 Å². The molecule has 0 N–H and O–H groups in total. The first kappa shape index (κ1) is 21.1. The second-order valence-corrected chi connectivity index (χ2v) is 4.66. The first-order valence-corrected chi connectivity index (χ1v) is 5.84. The van der Waals surface area contributed by atoms with E-state index in [1.807, 2.05) is 32.8 Å². The molecule has 0 amide bonds. The Hall–Kier alpha value is 0.739. The Morgan fingerprint density at radius 2 is 1.27 bits per heavy atom. The van der Waals surface area contributed by atoms with Gasteiger partial charge >= 0.3 is 17.1 Å². The summed E-state index contributed by atoms with van der Waals surface area (Å²) in [5.41, 5.74) is 0. The smallest absolute Gasteiger partial charge is 0.411 e. The summed E-state index contributed by atoms with van der Waals surface area (Å²) in [5, 5.41) is 0. The first-order chi connectivity index (χ1) is 6.36. The van der Waals surface area contributed by atoms with Gasteiger partial charge in [0.2, 0.25) is 0 Å². The molecule has 0 aliphatic carbocycles. The molecular formula is C8H16FeN2S4. The van der Waals surface area contributed by atoms with Crippen LogP contribution in [-0.2, 0) is 42.3 Å². The number of nitrogens with zero attached hydrogens (tertiary/aromatic N) is 2. The van der Waals surface area contributed by atoms with Gasteiger partial charge in [0.25, 0.3) is 0 Å². The van der Waals surface area contributed by atoms with Crippen LogP contribution in [0, 0.1) is 0 Å². The van der Waals surface area contributed by atoms with Crippen molar-refractivity contribution in [3.63, 3.8) is 0 Å². The minimum absolute atomic E-state index is 0. The van der Waals surface area contributed by atoms with Crippen LogP contribution in [0.25, 0.3) is 0 Å². The zero-order valence-electron chi connectivity index (χ0n) is 9.30. The summed E-state index contributed by atoms with van der Waals surface area (Å²) in [6.45, 7) is 5.95. The number of hydrogen-bond donors (Lipinski definition) is 0. The van der Waals surface area contributed by atoms with Gasteiger partial charge in [-0.3, -0.25) is 0 Å². The van der Waals surface area contributed by atoms with Crippen molar-refractivity contribution in [2.75, 3.05) is 27.2 Å². The van der Waals surface area contributed by atoms with Gasteiger partial charge in [0.1, 0.15) is 0 Å². The van der Waals surface area contributed by atoms with Gasteiger partial charge in [-0.05, 0) is 13.8 Å². The van der Waals surface area contributed by atoms with Crippen molar-refractivity contribution in [2.24, 2.45) is 0 Å². The Morgan fingerprint density at radius 1 is 1.00 bits per heavy atom. The van der Waals surface area contributed by atoms with Gasteiger partial charge in [-0.2, -0.15) is 0 Å². The summed E-state index contributed by atoms with van der Waals surface area (Å²) >= 11 is 18.6. The average Bonchev–Trinajstić information content (AvgIpc) is 2.06. The van der Waals surface area contributed by atoms with Crippen LogP contribution >= 0.6 is 24.4 Å². The standard InChI is InChI=1S/C5H11NS2.C3H7NS2.Fe/c1-3-6(4-2)5(7)8;1-4(2)3(5)6;/h3-4H2,1-2H3,(H,7,8);1-2H3,(H,5,6);/q;;+2/p-2. The average molecular weight is 324 g/mol. The molecule has 0 saturated heterocycles. The fraction of sp³-hybridized carbons (Fsp3) is 0.750. The maximum absolute atomic E-state index is 4.76. The molecule has 0 radical (unpaired) electrons. The SMILES string of the molecule is CCN(CC)C(=S)[S-].CN(C)C(=S)[S-].[Fe+2]. The summed E-state index contributed by atoms with van der Waals surface area (Å²) in [4.78, 5) is 3.68. The van der Waals surface area contributed by atoms with Crippen LogP contribution in [0.5, 0.6) is 0 Å². The topological polar surface area (TPSA) is 6.48 Å². The van der Waals surface area contributed by atoms with Gasteiger partial charge in [0.15, 0.2) is 0 Å². The predicted octanol–water partition coefficient (Wildman–Crippen LogP) is 1.54. The maximum Gasteiger partial charge on any atom is 2.00 e. The molecule has 0 aromatic carbocycles. The van der Waals surface area contributed by atoms with Crippen molar-refractivity contribution in [3.8, 4) is 0 Å². The molecule has 0 fully saturated rings. The van der Waals surface area contributed by atoms with Crippen LogP contribution in [0.15, 0.2) is 0 Å². The largest absolute Gasteiger partial charge is 2.00 e. The molecule has 2 nitrogen and oxygen atoms in total. The maximum atomic E-state index is 4.76. The Bertz CT molecular complexity index is 183. The van der Waals surface area contributed by atoms with Crippen molar-refractivity contribution in [1.82, 2.24) is 9.80 Å². The Kier molecular flexibility index (Phi) is 18.0. The minimum atomic E-state index is 0. The second-order valence-electron chi connectivity index (χ2n) is 2.60. The van der Waals surface area contributed by atoms with Crippen LogP contribution in [0.4, 0.5) is 0 Å². The minimum Gasteiger partial charge on any atom is -0.411 e. The summed E-state index contributed by atoms with van der Waals surface area (Å²) in [7, 11) is 3.66. The van der Waals surface area contributed by atoms with E-state index in [9.17, 15) is 0 Å².